The highest BCUT2D eigenvalue weighted by atomic mass is 16.6. The van der Waals surface area contributed by atoms with Crippen molar-refractivity contribution in [1.29, 1.82) is 0 Å². The normalized spacial score (nSPS) is 17.2. The van der Waals surface area contributed by atoms with Gasteiger partial charge in [0.05, 0.1) is 94.5 Å². The zero-order valence-corrected chi connectivity index (χ0v) is 36.3. The minimum absolute atomic E-state index is 0.0438. The molecule has 1 unspecified atom stereocenters. The minimum atomic E-state index is -1.91. The number of aliphatic hydroxyl groups is 1. The number of aryl methyl sites for hydroxylation is 2. The molecule has 2 aromatic heterocycles. The van der Waals surface area contributed by atoms with Crippen LogP contribution in [0.15, 0.2) is 23.0 Å². The summed E-state index contributed by atoms with van der Waals surface area (Å²) in [5.74, 6) is 0.317. The third kappa shape index (κ3) is 10.5. The van der Waals surface area contributed by atoms with E-state index >= 15 is 0 Å². The summed E-state index contributed by atoms with van der Waals surface area (Å²) in [4.78, 5) is 71.5. The van der Waals surface area contributed by atoms with E-state index in [1.165, 1.54) is 0 Å². The van der Waals surface area contributed by atoms with Crippen molar-refractivity contribution in [3.63, 3.8) is 0 Å². The Morgan fingerprint density at radius 1 is 0.919 bits per heavy atom. The fraction of sp³-hybridized carbons (Fsp3) is 0.574. The monoisotopic (exact) mass is 857 g/mol. The van der Waals surface area contributed by atoms with E-state index in [9.17, 15) is 29.1 Å². The average molecular weight is 858 g/mol. The molecule has 4 heterocycles. The van der Waals surface area contributed by atoms with Gasteiger partial charge >= 0.3 is 5.97 Å². The number of Topliss-reactive ketones (excluding diaryl/α,β-unsaturated/α-hetero) is 2. The molecule has 334 valence electrons. The first-order chi connectivity index (χ1) is 29.9. The van der Waals surface area contributed by atoms with Gasteiger partial charge in [0, 0.05) is 41.7 Å². The van der Waals surface area contributed by atoms with Crippen LogP contribution in [-0.2, 0) is 85.6 Å². The number of nitrogens with one attached hydrogen (secondary N) is 1. The van der Waals surface area contributed by atoms with Crippen LogP contribution in [0.2, 0.25) is 0 Å². The Hall–Kier alpha value is -4.82. The Morgan fingerprint density at radius 3 is 2.21 bits per heavy atom. The second kappa shape index (κ2) is 21.5. The first-order valence-electron chi connectivity index (χ1n) is 21.7. The summed E-state index contributed by atoms with van der Waals surface area (Å²) < 4.78 is 33.9. The molecule has 1 aliphatic carbocycles. The molecule has 15 heteroatoms. The molecule has 2 aliphatic heterocycles. The molecular formula is C47H59N3O12. The summed E-state index contributed by atoms with van der Waals surface area (Å²) in [5, 5.41) is 15.2. The van der Waals surface area contributed by atoms with Gasteiger partial charge in [-0.15, -0.1) is 6.42 Å². The van der Waals surface area contributed by atoms with E-state index in [1.807, 2.05) is 26.0 Å². The summed E-state index contributed by atoms with van der Waals surface area (Å²) >= 11 is 0. The second-order valence-electron chi connectivity index (χ2n) is 16.4. The number of fused-ring (bicyclic) bond motifs is 5. The number of rotatable bonds is 25. The molecular weight excluding hydrogens is 799 g/mol. The van der Waals surface area contributed by atoms with Crippen LogP contribution in [0.1, 0.15) is 86.8 Å². The molecule has 0 saturated carbocycles. The third-order valence-electron chi connectivity index (χ3n) is 12.0. The lowest BCUT2D eigenvalue weighted by Crippen LogP contribution is -2.44. The Bertz CT molecular complexity index is 2240. The van der Waals surface area contributed by atoms with E-state index in [2.05, 4.69) is 11.2 Å². The summed E-state index contributed by atoms with van der Waals surface area (Å²) in [7, 11) is 0. The van der Waals surface area contributed by atoms with Gasteiger partial charge in [-0.2, -0.15) is 0 Å². The number of benzene rings is 1. The number of hydrogen-bond acceptors (Lipinski definition) is 13. The molecule has 2 N–H and O–H groups in total. The van der Waals surface area contributed by atoms with E-state index in [-0.39, 0.29) is 85.6 Å². The maximum absolute atomic E-state index is 13.8. The highest BCUT2D eigenvalue weighted by Gasteiger charge is 2.45. The number of hydrogen-bond donors (Lipinski definition) is 2. The summed E-state index contributed by atoms with van der Waals surface area (Å²) in [6.45, 7) is 11.0. The highest BCUT2D eigenvalue weighted by Crippen LogP contribution is 2.43. The maximum atomic E-state index is 13.8. The first-order valence-corrected chi connectivity index (χ1v) is 21.7. The third-order valence-corrected chi connectivity index (χ3v) is 12.0. The Kier molecular flexibility index (Phi) is 16.2. The standard InChI is InChI=1S/C47H59N3O12/c1-6-14-57-16-18-59-20-22-61-23-21-60-19-17-58-15-13-32(51)25-35(29(3)4)44(53)48-30(5)41(52)24-31-11-12-39-42-33(31)9-8-10-34(42)36-27-50-40(43(36)49-39)26-38-37(45(50)54)28-62-46(55)47(38,56)7-2/h1,11-12,26,29-30,35,56H,7-10,13-25,27-28H2,2-5H3,(H,48,53)/t30-,35?,47-/m0/s1. The number of amides is 1. The number of aromatic nitrogens is 2. The lowest BCUT2D eigenvalue weighted by Gasteiger charge is -2.31. The van der Waals surface area contributed by atoms with Crippen molar-refractivity contribution in [2.45, 2.75) is 97.4 Å². The lowest BCUT2D eigenvalue weighted by molar-refractivity contribution is -0.172. The fourth-order valence-electron chi connectivity index (χ4n) is 8.47. The van der Waals surface area contributed by atoms with Crippen molar-refractivity contribution in [3.05, 3.63) is 61.9 Å². The number of terminal acetylenes is 1. The molecule has 0 saturated heterocycles. The van der Waals surface area contributed by atoms with Crippen LogP contribution in [-0.4, -0.2) is 110 Å². The highest BCUT2D eigenvalue weighted by molar-refractivity contribution is 5.96. The molecule has 3 aromatic rings. The van der Waals surface area contributed by atoms with Gasteiger partial charge in [-0.1, -0.05) is 32.8 Å². The van der Waals surface area contributed by atoms with Gasteiger partial charge in [0.15, 0.2) is 11.4 Å². The first kappa shape index (κ1) is 46.7. The Balaban J connectivity index is 0.984. The number of carbonyl (C=O) groups is 4. The van der Waals surface area contributed by atoms with E-state index in [0.717, 1.165) is 52.4 Å². The van der Waals surface area contributed by atoms with Crippen molar-refractivity contribution >= 4 is 34.3 Å². The number of pyridine rings is 2. The molecule has 0 fully saturated rings. The maximum Gasteiger partial charge on any atom is 0.343 e. The van der Waals surface area contributed by atoms with Gasteiger partial charge in [0.1, 0.15) is 19.0 Å². The molecule has 15 nitrogen and oxygen atoms in total. The molecule has 0 spiro atoms. The molecule has 1 aromatic carbocycles. The van der Waals surface area contributed by atoms with Crippen LogP contribution in [0.4, 0.5) is 0 Å². The van der Waals surface area contributed by atoms with Crippen LogP contribution >= 0.6 is 0 Å². The number of cyclic esters (lactones) is 1. The Morgan fingerprint density at radius 2 is 1.56 bits per heavy atom. The zero-order valence-electron chi connectivity index (χ0n) is 36.3. The topological polar surface area (TPSA) is 191 Å². The van der Waals surface area contributed by atoms with E-state index in [1.54, 1.807) is 24.5 Å². The van der Waals surface area contributed by atoms with Crippen LogP contribution in [0.25, 0.3) is 22.3 Å². The van der Waals surface area contributed by atoms with Gasteiger partial charge in [-0.3, -0.25) is 19.2 Å². The predicted molar refractivity (Wildman–Crippen MR) is 228 cm³/mol. The van der Waals surface area contributed by atoms with Gasteiger partial charge in [0.25, 0.3) is 5.56 Å². The fourth-order valence-corrected chi connectivity index (χ4v) is 8.47. The molecule has 3 atom stereocenters. The molecule has 0 bridgehead atoms. The van der Waals surface area contributed by atoms with Crippen molar-refractivity contribution < 1.29 is 52.7 Å². The smallest absolute Gasteiger partial charge is 0.343 e. The van der Waals surface area contributed by atoms with Gasteiger partial charge in [0.2, 0.25) is 5.91 Å². The van der Waals surface area contributed by atoms with Gasteiger partial charge < -0.3 is 43.4 Å². The number of ether oxygens (including phenoxy) is 6. The predicted octanol–water partition coefficient (Wildman–Crippen LogP) is 3.52. The van der Waals surface area contributed by atoms with Crippen LogP contribution in [0.5, 0.6) is 0 Å². The summed E-state index contributed by atoms with van der Waals surface area (Å²) in [5.41, 5.74) is 4.23. The number of nitrogens with zero attached hydrogens (tertiary/aromatic N) is 2. The lowest BCUT2D eigenvalue weighted by atomic mass is 9.83. The van der Waals surface area contributed by atoms with Gasteiger partial charge in [-0.05, 0) is 67.3 Å². The summed E-state index contributed by atoms with van der Waals surface area (Å²) in [6, 6.07) is 4.76. The average Bonchev–Trinajstić information content (AvgIpc) is 3.63. The SMILES string of the molecule is C#CCOCCOCCOCCOCCOCCC(=O)CC(C(=O)N[C@@H](C)C(=O)Cc1ccc2nc3c(c4c2c1CCC4)Cn1c-3cc2c(c1=O)COC(=O)[C@]2(O)CC)C(C)C. The van der Waals surface area contributed by atoms with Crippen molar-refractivity contribution in [2.75, 3.05) is 66.1 Å². The van der Waals surface area contributed by atoms with E-state index in [0.29, 0.717) is 70.8 Å². The zero-order chi connectivity index (χ0) is 44.4. The van der Waals surface area contributed by atoms with Crippen LogP contribution in [0, 0.1) is 24.2 Å². The van der Waals surface area contributed by atoms with Crippen molar-refractivity contribution in [2.24, 2.45) is 11.8 Å². The van der Waals surface area contributed by atoms with Gasteiger partial charge in [-0.25, -0.2) is 9.78 Å². The largest absolute Gasteiger partial charge is 0.458 e. The Labute approximate surface area is 362 Å². The molecule has 0 radical (unpaired) electrons. The van der Waals surface area contributed by atoms with E-state index < -0.39 is 23.5 Å². The quantitative estimate of drug-likeness (QED) is 0.0560. The van der Waals surface area contributed by atoms with Crippen molar-refractivity contribution in [1.82, 2.24) is 14.9 Å². The van der Waals surface area contributed by atoms with E-state index in [4.69, 9.17) is 39.8 Å². The number of ketones is 2. The van der Waals surface area contributed by atoms with Crippen LogP contribution in [0.3, 0.4) is 0 Å². The minimum Gasteiger partial charge on any atom is -0.458 e. The summed E-state index contributed by atoms with van der Waals surface area (Å²) in [6.07, 6.45) is 7.86. The number of carbonyl (C=O) groups excluding carboxylic acids is 4. The number of esters is 1. The molecule has 3 aliphatic rings. The molecule has 6 rings (SSSR count). The molecule has 1 amide bonds. The van der Waals surface area contributed by atoms with Crippen molar-refractivity contribution in [3.8, 4) is 23.7 Å². The molecule has 62 heavy (non-hydrogen) atoms. The second-order valence-corrected chi connectivity index (χ2v) is 16.4. The van der Waals surface area contributed by atoms with Crippen LogP contribution < -0.4 is 10.9 Å².